The molecule has 0 aliphatic heterocycles. The molecule has 0 radical (unpaired) electrons. The van der Waals surface area contributed by atoms with Crippen LogP contribution in [0.4, 0.5) is 0 Å². The third kappa shape index (κ3) is 2.70. The van der Waals surface area contributed by atoms with Gasteiger partial charge in [0.05, 0.1) is 0 Å². The molecule has 3 atom stereocenters. The maximum Gasteiger partial charge on any atom is 0.325 e. The second-order valence-corrected chi connectivity index (χ2v) is 3.84. The maximum atomic E-state index is 11.5. The van der Waals surface area contributed by atoms with Gasteiger partial charge < -0.3 is 16.2 Å². The zero-order valence-corrected chi connectivity index (χ0v) is 8.19. The van der Waals surface area contributed by atoms with E-state index in [9.17, 15) is 9.59 Å². The van der Waals surface area contributed by atoms with Crippen LogP contribution in [0, 0.1) is 5.92 Å². The summed E-state index contributed by atoms with van der Waals surface area (Å²) in [6.45, 7) is 1.45. The van der Waals surface area contributed by atoms with Crippen LogP contribution in [0.3, 0.4) is 0 Å². The van der Waals surface area contributed by atoms with Crippen molar-refractivity contribution in [3.8, 4) is 0 Å². The molecule has 0 aromatic rings. The third-order valence-corrected chi connectivity index (χ3v) is 2.57. The summed E-state index contributed by atoms with van der Waals surface area (Å²) in [5, 5.41) is 11.0. The van der Waals surface area contributed by atoms with E-state index < -0.39 is 12.0 Å². The Morgan fingerprint density at radius 2 is 2.14 bits per heavy atom. The van der Waals surface area contributed by atoms with Crippen LogP contribution >= 0.6 is 0 Å². The first kappa shape index (κ1) is 11.0. The van der Waals surface area contributed by atoms with E-state index in [0.29, 0.717) is 6.42 Å². The van der Waals surface area contributed by atoms with E-state index in [1.807, 2.05) is 0 Å². The number of nitrogens with two attached hydrogens (primary N) is 1. The number of aliphatic carboxylic acids is 1. The van der Waals surface area contributed by atoms with Crippen molar-refractivity contribution in [2.45, 2.75) is 38.3 Å². The van der Waals surface area contributed by atoms with Crippen molar-refractivity contribution in [1.82, 2.24) is 5.32 Å². The molecule has 1 aliphatic rings. The predicted octanol–water partition coefficient (Wildman–Crippen LogP) is -0.297. The van der Waals surface area contributed by atoms with Gasteiger partial charge in [0.2, 0.25) is 5.91 Å². The normalized spacial score (nSPS) is 28.4. The summed E-state index contributed by atoms with van der Waals surface area (Å²) in [6, 6.07) is -0.731. The summed E-state index contributed by atoms with van der Waals surface area (Å²) >= 11 is 0. The van der Waals surface area contributed by atoms with E-state index in [-0.39, 0.29) is 17.9 Å². The average Bonchev–Trinajstić information content (AvgIpc) is 2.51. The summed E-state index contributed by atoms with van der Waals surface area (Å²) in [4.78, 5) is 22.0. The van der Waals surface area contributed by atoms with Gasteiger partial charge in [-0.15, -0.1) is 0 Å². The lowest BCUT2D eigenvalue weighted by atomic mass is 10.1. The number of hydrogen-bond acceptors (Lipinski definition) is 3. The molecule has 80 valence electrons. The molecule has 1 saturated carbocycles. The van der Waals surface area contributed by atoms with Gasteiger partial charge in [-0.25, -0.2) is 0 Å². The number of nitrogens with one attached hydrogen (secondary N) is 1. The largest absolute Gasteiger partial charge is 0.480 e. The van der Waals surface area contributed by atoms with Crippen LogP contribution in [0.25, 0.3) is 0 Å². The van der Waals surface area contributed by atoms with Crippen molar-refractivity contribution < 1.29 is 14.7 Å². The number of hydrogen-bond donors (Lipinski definition) is 3. The summed E-state index contributed by atoms with van der Waals surface area (Å²) < 4.78 is 0. The third-order valence-electron chi connectivity index (χ3n) is 2.57. The Bertz CT molecular complexity index is 242. The molecule has 5 heteroatoms. The Kier molecular flexibility index (Phi) is 3.46. The van der Waals surface area contributed by atoms with Crippen LogP contribution in [0.1, 0.15) is 26.2 Å². The molecule has 1 amide bonds. The minimum atomic E-state index is -1.01. The SMILES string of the molecule is C[C@H](NC(=O)C1CCC(N)C1)C(=O)O. The van der Waals surface area contributed by atoms with Crippen molar-refractivity contribution in [3.05, 3.63) is 0 Å². The van der Waals surface area contributed by atoms with E-state index in [4.69, 9.17) is 10.8 Å². The zero-order chi connectivity index (χ0) is 10.7. The Hall–Kier alpha value is -1.10. The Morgan fingerprint density at radius 1 is 1.50 bits per heavy atom. The van der Waals surface area contributed by atoms with Gasteiger partial charge in [0, 0.05) is 12.0 Å². The van der Waals surface area contributed by atoms with Crippen LogP contribution in [-0.2, 0) is 9.59 Å². The fourth-order valence-corrected chi connectivity index (χ4v) is 1.65. The van der Waals surface area contributed by atoms with Crippen LogP contribution in [-0.4, -0.2) is 29.1 Å². The molecule has 5 nitrogen and oxygen atoms in total. The molecule has 1 rings (SSSR count). The fraction of sp³-hybridized carbons (Fsp3) is 0.778. The standard InChI is InChI=1S/C9H16N2O3/c1-5(9(13)14)11-8(12)6-2-3-7(10)4-6/h5-7H,2-4,10H2,1H3,(H,11,12)(H,13,14)/t5-,6?,7?/m0/s1. The summed E-state index contributed by atoms with van der Waals surface area (Å²) in [5.41, 5.74) is 5.66. The van der Waals surface area contributed by atoms with Gasteiger partial charge in [0.25, 0.3) is 0 Å². The van der Waals surface area contributed by atoms with E-state index in [0.717, 1.165) is 12.8 Å². The molecule has 0 spiro atoms. The number of carboxylic acids is 1. The second-order valence-electron chi connectivity index (χ2n) is 3.84. The van der Waals surface area contributed by atoms with Crippen LogP contribution < -0.4 is 11.1 Å². The van der Waals surface area contributed by atoms with Gasteiger partial charge in [0.15, 0.2) is 0 Å². The first-order valence-corrected chi connectivity index (χ1v) is 4.79. The molecular weight excluding hydrogens is 184 g/mol. The smallest absolute Gasteiger partial charge is 0.325 e. The monoisotopic (exact) mass is 200 g/mol. The molecule has 0 aromatic heterocycles. The van der Waals surface area contributed by atoms with Crippen LogP contribution in [0.2, 0.25) is 0 Å². The van der Waals surface area contributed by atoms with Gasteiger partial charge in [-0.3, -0.25) is 9.59 Å². The number of carbonyl (C=O) groups is 2. The van der Waals surface area contributed by atoms with Crippen molar-refractivity contribution in [3.63, 3.8) is 0 Å². The van der Waals surface area contributed by atoms with Gasteiger partial charge in [-0.2, -0.15) is 0 Å². The van der Waals surface area contributed by atoms with Gasteiger partial charge in [-0.05, 0) is 26.2 Å². The molecule has 2 unspecified atom stereocenters. The number of amides is 1. The molecule has 0 heterocycles. The summed E-state index contributed by atoms with van der Waals surface area (Å²) in [7, 11) is 0. The Labute approximate surface area is 82.7 Å². The maximum absolute atomic E-state index is 11.5. The van der Waals surface area contributed by atoms with Crippen molar-refractivity contribution in [1.29, 1.82) is 0 Å². The second kappa shape index (κ2) is 4.41. The van der Waals surface area contributed by atoms with Gasteiger partial charge in [0.1, 0.15) is 6.04 Å². The molecule has 14 heavy (non-hydrogen) atoms. The van der Waals surface area contributed by atoms with E-state index in [1.165, 1.54) is 6.92 Å². The van der Waals surface area contributed by atoms with Crippen molar-refractivity contribution in [2.75, 3.05) is 0 Å². The minimum Gasteiger partial charge on any atom is -0.480 e. The number of rotatable bonds is 3. The van der Waals surface area contributed by atoms with Gasteiger partial charge >= 0.3 is 5.97 Å². The lowest BCUT2D eigenvalue weighted by molar-refractivity contribution is -0.141. The van der Waals surface area contributed by atoms with Crippen molar-refractivity contribution >= 4 is 11.9 Å². The molecule has 0 bridgehead atoms. The number of carboxylic acid groups (broad SMARTS) is 1. The predicted molar refractivity (Wildman–Crippen MR) is 50.6 cm³/mol. The molecular formula is C9H16N2O3. The Balaban J connectivity index is 2.39. The Morgan fingerprint density at radius 3 is 2.57 bits per heavy atom. The van der Waals surface area contributed by atoms with E-state index in [2.05, 4.69) is 5.32 Å². The molecule has 4 N–H and O–H groups in total. The topological polar surface area (TPSA) is 92.4 Å². The molecule has 0 aromatic carbocycles. The number of carbonyl (C=O) groups excluding carboxylic acids is 1. The molecule has 1 fully saturated rings. The average molecular weight is 200 g/mol. The molecule has 1 aliphatic carbocycles. The highest BCUT2D eigenvalue weighted by molar-refractivity contribution is 5.84. The summed E-state index contributed by atoms with van der Waals surface area (Å²) in [6.07, 6.45) is 2.27. The first-order valence-electron chi connectivity index (χ1n) is 4.79. The highest BCUT2D eigenvalue weighted by atomic mass is 16.4. The summed E-state index contributed by atoms with van der Waals surface area (Å²) in [5.74, 6) is -1.31. The zero-order valence-electron chi connectivity index (χ0n) is 8.19. The quantitative estimate of drug-likeness (QED) is 0.583. The van der Waals surface area contributed by atoms with Crippen LogP contribution in [0.5, 0.6) is 0 Å². The highest BCUT2D eigenvalue weighted by Crippen LogP contribution is 2.24. The molecule has 0 saturated heterocycles. The van der Waals surface area contributed by atoms with E-state index in [1.54, 1.807) is 0 Å². The lowest BCUT2D eigenvalue weighted by Crippen LogP contribution is -2.41. The van der Waals surface area contributed by atoms with Crippen molar-refractivity contribution in [2.24, 2.45) is 11.7 Å². The van der Waals surface area contributed by atoms with Crippen LogP contribution in [0.15, 0.2) is 0 Å². The van der Waals surface area contributed by atoms with Gasteiger partial charge in [-0.1, -0.05) is 0 Å². The fourth-order valence-electron chi connectivity index (χ4n) is 1.65. The highest BCUT2D eigenvalue weighted by Gasteiger charge is 2.29. The lowest BCUT2D eigenvalue weighted by Gasteiger charge is -2.13. The first-order chi connectivity index (χ1) is 6.50. The van der Waals surface area contributed by atoms with E-state index >= 15 is 0 Å². The minimum absolute atomic E-state index is 0.0888.